The SMILES string of the molecule is COC[C@H](C)n1c(SCC(=O)N(C)c2ccccc2)nc2ccccc2c1=O. The van der Waals surface area contributed by atoms with E-state index in [4.69, 9.17) is 4.74 Å². The summed E-state index contributed by atoms with van der Waals surface area (Å²) in [5, 5.41) is 1.07. The van der Waals surface area contributed by atoms with Crippen LogP contribution in [0.2, 0.25) is 0 Å². The number of rotatable bonds is 7. The maximum atomic E-state index is 13.0. The van der Waals surface area contributed by atoms with Crippen molar-refractivity contribution in [2.45, 2.75) is 18.1 Å². The van der Waals surface area contributed by atoms with E-state index in [1.165, 1.54) is 11.8 Å². The van der Waals surface area contributed by atoms with Crippen molar-refractivity contribution in [1.82, 2.24) is 9.55 Å². The highest BCUT2D eigenvalue weighted by molar-refractivity contribution is 7.99. The second-order valence-electron chi connectivity index (χ2n) is 6.47. The van der Waals surface area contributed by atoms with Crippen LogP contribution in [-0.2, 0) is 9.53 Å². The van der Waals surface area contributed by atoms with Gasteiger partial charge in [-0.15, -0.1) is 0 Å². The summed E-state index contributed by atoms with van der Waals surface area (Å²) < 4.78 is 6.85. The molecule has 3 rings (SSSR count). The summed E-state index contributed by atoms with van der Waals surface area (Å²) in [7, 11) is 3.34. The smallest absolute Gasteiger partial charge is 0.262 e. The number of fused-ring (bicyclic) bond motifs is 1. The molecule has 0 N–H and O–H groups in total. The summed E-state index contributed by atoms with van der Waals surface area (Å²) in [6.45, 7) is 2.29. The van der Waals surface area contributed by atoms with Gasteiger partial charge in [0.25, 0.3) is 5.56 Å². The van der Waals surface area contributed by atoms with Crippen LogP contribution in [0.3, 0.4) is 0 Å². The molecule has 0 saturated carbocycles. The van der Waals surface area contributed by atoms with E-state index in [-0.39, 0.29) is 23.3 Å². The van der Waals surface area contributed by atoms with E-state index < -0.39 is 0 Å². The Labute approximate surface area is 168 Å². The van der Waals surface area contributed by atoms with Crippen LogP contribution in [0.5, 0.6) is 0 Å². The molecule has 146 valence electrons. The monoisotopic (exact) mass is 397 g/mol. The first kappa shape index (κ1) is 20.1. The van der Waals surface area contributed by atoms with Crippen LogP contribution in [0.1, 0.15) is 13.0 Å². The van der Waals surface area contributed by atoms with Crippen molar-refractivity contribution in [2.75, 3.05) is 31.4 Å². The molecule has 1 atom stereocenters. The molecule has 1 amide bonds. The van der Waals surface area contributed by atoms with Crippen molar-refractivity contribution >= 4 is 34.3 Å². The summed E-state index contributed by atoms with van der Waals surface area (Å²) in [6.07, 6.45) is 0. The number of benzene rings is 2. The van der Waals surface area contributed by atoms with Crippen molar-refractivity contribution in [3.8, 4) is 0 Å². The third-order valence-electron chi connectivity index (χ3n) is 4.47. The quantitative estimate of drug-likeness (QED) is 0.452. The van der Waals surface area contributed by atoms with Gasteiger partial charge in [-0.05, 0) is 31.2 Å². The molecule has 1 aromatic heterocycles. The maximum absolute atomic E-state index is 13.0. The number of carbonyl (C=O) groups excluding carboxylic acids is 1. The highest BCUT2D eigenvalue weighted by atomic mass is 32.2. The van der Waals surface area contributed by atoms with Crippen LogP contribution in [0.4, 0.5) is 5.69 Å². The standard InChI is InChI=1S/C21H23N3O3S/c1-15(13-27-3)24-20(26)17-11-7-8-12-18(17)22-21(24)28-14-19(25)23(2)16-9-5-4-6-10-16/h4-12,15H,13-14H2,1-3H3/t15-/m0/s1. The fourth-order valence-corrected chi connectivity index (χ4v) is 3.96. The Morgan fingerprint density at radius 1 is 1.18 bits per heavy atom. The Balaban J connectivity index is 1.90. The topological polar surface area (TPSA) is 64.4 Å². The molecule has 1 heterocycles. The van der Waals surface area contributed by atoms with Crippen LogP contribution < -0.4 is 10.5 Å². The second kappa shape index (κ2) is 9.03. The van der Waals surface area contributed by atoms with Crippen LogP contribution in [0, 0.1) is 0 Å². The number of thioether (sulfide) groups is 1. The Bertz CT molecular complexity index is 1020. The molecule has 28 heavy (non-hydrogen) atoms. The fourth-order valence-electron chi connectivity index (χ4n) is 2.95. The maximum Gasteiger partial charge on any atom is 0.262 e. The zero-order valence-corrected chi connectivity index (χ0v) is 17.0. The normalized spacial score (nSPS) is 12.1. The summed E-state index contributed by atoms with van der Waals surface area (Å²) >= 11 is 1.27. The third kappa shape index (κ3) is 4.26. The number of para-hydroxylation sites is 2. The van der Waals surface area contributed by atoms with Crippen molar-refractivity contribution in [3.05, 3.63) is 65.0 Å². The largest absolute Gasteiger partial charge is 0.383 e. The van der Waals surface area contributed by atoms with Crippen molar-refractivity contribution in [1.29, 1.82) is 0 Å². The number of methoxy groups -OCH3 is 1. The molecule has 6 nitrogen and oxygen atoms in total. The van der Waals surface area contributed by atoms with Gasteiger partial charge in [0.2, 0.25) is 5.91 Å². The van der Waals surface area contributed by atoms with E-state index in [0.717, 1.165) is 5.69 Å². The molecule has 0 radical (unpaired) electrons. The number of hydrogen-bond acceptors (Lipinski definition) is 5. The van der Waals surface area contributed by atoms with Gasteiger partial charge in [0.05, 0.1) is 29.3 Å². The molecular formula is C21H23N3O3S. The van der Waals surface area contributed by atoms with Crippen LogP contribution >= 0.6 is 11.8 Å². The lowest BCUT2D eigenvalue weighted by atomic mass is 10.2. The molecule has 0 fully saturated rings. The number of aromatic nitrogens is 2. The number of anilines is 1. The predicted octanol–water partition coefficient (Wildman–Crippen LogP) is 3.36. The van der Waals surface area contributed by atoms with Crippen molar-refractivity contribution < 1.29 is 9.53 Å². The lowest BCUT2D eigenvalue weighted by molar-refractivity contribution is -0.115. The first-order valence-electron chi connectivity index (χ1n) is 8.97. The Kier molecular flexibility index (Phi) is 6.49. The van der Waals surface area contributed by atoms with E-state index in [1.807, 2.05) is 55.5 Å². The number of amides is 1. The van der Waals surface area contributed by atoms with Gasteiger partial charge in [-0.25, -0.2) is 4.98 Å². The van der Waals surface area contributed by atoms with Gasteiger partial charge in [0.15, 0.2) is 5.16 Å². The van der Waals surface area contributed by atoms with Crippen molar-refractivity contribution in [2.24, 2.45) is 0 Å². The third-order valence-corrected chi connectivity index (χ3v) is 5.40. The van der Waals surface area contributed by atoms with Gasteiger partial charge in [-0.1, -0.05) is 42.1 Å². The van der Waals surface area contributed by atoms with Crippen LogP contribution in [-0.4, -0.2) is 42.0 Å². The molecule has 2 aromatic carbocycles. The zero-order valence-electron chi connectivity index (χ0n) is 16.2. The molecule has 0 unspecified atom stereocenters. The van der Waals surface area contributed by atoms with E-state index in [2.05, 4.69) is 4.98 Å². The van der Waals surface area contributed by atoms with Gasteiger partial charge in [-0.3, -0.25) is 14.2 Å². The zero-order chi connectivity index (χ0) is 20.1. The van der Waals surface area contributed by atoms with E-state index in [9.17, 15) is 9.59 Å². The minimum absolute atomic E-state index is 0.0652. The average molecular weight is 398 g/mol. The van der Waals surface area contributed by atoms with Gasteiger partial charge in [0.1, 0.15) is 0 Å². The van der Waals surface area contributed by atoms with Gasteiger partial charge < -0.3 is 9.64 Å². The molecule has 0 spiro atoms. The molecule has 7 heteroatoms. The van der Waals surface area contributed by atoms with E-state index >= 15 is 0 Å². The average Bonchev–Trinajstić information content (AvgIpc) is 2.72. The van der Waals surface area contributed by atoms with E-state index in [0.29, 0.717) is 22.7 Å². The second-order valence-corrected chi connectivity index (χ2v) is 7.41. The highest BCUT2D eigenvalue weighted by Gasteiger charge is 2.19. The number of hydrogen-bond donors (Lipinski definition) is 0. The molecule has 0 saturated heterocycles. The predicted molar refractivity (Wildman–Crippen MR) is 113 cm³/mol. The highest BCUT2D eigenvalue weighted by Crippen LogP contribution is 2.22. The summed E-state index contributed by atoms with van der Waals surface area (Å²) in [5.41, 5.74) is 1.32. The summed E-state index contributed by atoms with van der Waals surface area (Å²) in [6, 6.07) is 16.5. The van der Waals surface area contributed by atoms with Gasteiger partial charge in [0, 0.05) is 19.8 Å². The van der Waals surface area contributed by atoms with Crippen LogP contribution in [0.15, 0.2) is 64.5 Å². The number of ether oxygens (including phenoxy) is 1. The Hall–Kier alpha value is -2.64. The fraction of sp³-hybridized carbons (Fsp3) is 0.286. The summed E-state index contributed by atoms with van der Waals surface area (Å²) in [5.74, 6) is 0.111. The van der Waals surface area contributed by atoms with Gasteiger partial charge in [-0.2, -0.15) is 0 Å². The van der Waals surface area contributed by atoms with Gasteiger partial charge >= 0.3 is 0 Å². The number of nitrogens with zero attached hydrogens (tertiary/aromatic N) is 3. The Morgan fingerprint density at radius 3 is 2.57 bits per heavy atom. The minimum atomic E-state index is -0.195. The number of carbonyl (C=O) groups is 1. The van der Waals surface area contributed by atoms with Crippen LogP contribution in [0.25, 0.3) is 10.9 Å². The first-order valence-corrected chi connectivity index (χ1v) is 9.96. The molecule has 3 aromatic rings. The van der Waals surface area contributed by atoms with E-state index in [1.54, 1.807) is 29.7 Å². The minimum Gasteiger partial charge on any atom is -0.383 e. The molecule has 0 aliphatic heterocycles. The molecule has 0 aliphatic carbocycles. The Morgan fingerprint density at radius 2 is 1.86 bits per heavy atom. The van der Waals surface area contributed by atoms with Crippen molar-refractivity contribution in [3.63, 3.8) is 0 Å². The molecule has 0 aliphatic rings. The lowest BCUT2D eigenvalue weighted by Crippen LogP contribution is -2.30. The first-order chi connectivity index (χ1) is 13.5. The molecule has 0 bridgehead atoms. The lowest BCUT2D eigenvalue weighted by Gasteiger charge is -2.20. The summed E-state index contributed by atoms with van der Waals surface area (Å²) in [4.78, 5) is 31.9. The molecular weight excluding hydrogens is 374 g/mol.